The fraction of sp³-hybridized carbons (Fsp3) is 0.500. The SMILES string of the molecule is CC(C)NC(=O)C1NCCC1c1ccc(Cl)c(Cl)c1. The molecule has 19 heavy (non-hydrogen) atoms. The number of carbonyl (C=O) groups is 1. The molecule has 0 aliphatic carbocycles. The van der Waals surface area contributed by atoms with Gasteiger partial charge in [0, 0.05) is 12.0 Å². The molecular weight excluding hydrogens is 283 g/mol. The van der Waals surface area contributed by atoms with Crippen LogP contribution in [0.3, 0.4) is 0 Å². The maximum atomic E-state index is 12.2. The van der Waals surface area contributed by atoms with E-state index < -0.39 is 0 Å². The third-order valence-electron chi connectivity index (χ3n) is 3.31. The number of carbonyl (C=O) groups excluding carboxylic acids is 1. The molecule has 104 valence electrons. The van der Waals surface area contributed by atoms with E-state index >= 15 is 0 Å². The van der Waals surface area contributed by atoms with Gasteiger partial charge in [0.1, 0.15) is 0 Å². The van der Waals surface area contributed by atoms with Crippen LogP contribution in [0.4, 0.5) is 0 Å². The zero-order valence-electron chi connectivity index (χ0n) is 11.0. The van der Waals surface area contributed by atoms with Gasteiger partial charge in [0.25, 0.3) is 0 Å². The van der Waals surface area contributed by atoms with Gasteiger partial charge in [-0.2, -0.15) is 0 Å². The molecule has 1 saturated heterocycles. The lowest BCUT2D eigenvalue weighted by Gasteiger charge is -2.21. The van der Waals surface area contributed by atoms with Crippen molar-refractivity contribution in [1.29, 1.82) is 0 Å². The zero-order chi connectivity index (χ0) is 14.0. The molecule has 2 rings (SSSR count). The summed E-state index contributed by atoms with van der Waals surface area (Å²) in [6, 6.07) is 5.54. The van der Waals surface area contributed by atoms with Crippen LogP contribution in [0.15, 0.2) is 18.2 Å². The Morgan fingerprint density at radius 2 is 2.11 bits per heavy atom. The minimum atomic E-state index is -0.195. The van der Waals surface area contributed by atoms with Gasteiger partial charge in [-0.1, -0.05) is 29.3 Å². The standard InChI is InChI=1S/C14H18Cl2N2O/c1-8(2)18-14(19)13-10(5-6-17-13)9-3-4-11(15)12(16)7-9/h3-4,7-8,10,13,17H,5-6H2,1-2H3,(H,18,19). The van der Waals surface area contributed by atoms with Gasteiger partial charge >= 0.3 is 0 Å². The minimum absolute atomic E-state index is 0.0450. The van der Waals surface area contributed by atoms with Crippen molar-refractivity contribution in [2.24, 2.45) is 0 Å². The fourth-order valence-electron chi connectivity index (χ4n) is 2.46. The lowest BCUT2D eigenvalue weighted by Crippen LogP contribution is -2.45. The molecule has 0 aromatic heterocycles. The number of amides is 1. The summed E-state index contributed by atoms with van der Waals surface area (Å²) in [6.45, 7) is 4.75. The molecule has 1 aromatic carbocycles. The Hall–Kier alpha value is -0.770. The molecule has 3 nitrogen and oxygen atoms in total. The van der Waals surface area contributed by atoms with Crippen LogP contribution in [0.1, 0.15) is 31.7 Å². The summed E-state index contributed by atoms with van der Waals surface area (Å²) in [7, 11) is 0. The molecule has 0 spiro atoms. The molecule has 1 heterocycles. The van der Waals surface area contributed by atoms with Crippen molar-refractivity contribution >= 4 is 29.1 Å². The van der Waals surface area contributed by atoms with Crippen LogP contribution in [-0.2, 0) is 4.79 Å². The van der Waals surface area contributed by atoms with Gasteiger partial charge in [-0.05, 0) is 44.5 Å². The van der Waals surface area contributed by atoms with E-state index in [1.165, 1.54) is 0 Å². The van der Waals surface area contributed by atoms with Gasteiger partial charge in [0.05, 0.1) is 16.1 Å². The monoisotopic (exact) mass is 300 g/mol. The predicted molar refractivity (Wildman–Crippen MR) is 78.9 cm³/mol. The average molecular weight is 301 g/mol. The van der Waals surface area contributed by atoms with Crippen LogP contribution in [0.5, 0.6) is 0 Å². The Bertz CT molecular complexity index is 477. The Morgan fingerprint density at radius 3 is 2.74 bits per heavy atom. The molecule has 0 radical (unpaired) electrons. The van der Waals surface area contributed by atoms with Crippen LogP contribution in [0, 0.1) is 0 Å². The lowest BCUT2D eigenvalue weighted by atomic mass is 9.91. The third kappa shape index (κ3) is 3.41. The highest BCUT2D eigenvalue weighted by molar-refractivity contribution is 6.42. The Labute approximate surface area is 123 Å². The molecule has 2 atom stereocenters. The quantitative estimate of drug-likeness (QED) is 0.901. The molecule has 2 unspecified atom stereocenters. The highest BCUT2D eigenvalue weighted by atomic mass is 35.5. The Kier molecular flexibility index (Phi) is 4.71. The van der Waals surface area contributed by atoms with Gasteiger partial charge in [-0.15, -0.1) is 0 Å². The summed E-state index contributed by atoms with van der Waals surface area (Å²) in [5, 5.41) is 7.28. The highest BCUT2D eigenvalue weighted by Gasteiger charge is 2.34. The topological polar surface area (TPSA) is 41.1 Å². The van der Waals surface area contributed by atoms with Crippen LogP contribution in [0.2, 0.25) is 10.0 Å². The van der Waals surface area contributed by atoms with Crippen molar-refractivity contribution in [2.45, 2.75) is 38.3 Å². The molecule has 2 N–H and O–H groups in total. The van der Waals surface area contributed by atoms with E-state index in [1.807, 2.05) is 26.0 Å². The zero-order valence-corrected chi connectivity index (χ0v) is 12.6. The van der Waals surface area contributed by atoms with E-state index in [0.717, 1.165) is 18.5 Å². The van der Waals surface area contributed by atoms with Crippen LogP contribution in [0.25, 0.3) is 0 Å². The first-order valence-corrected chi connectivity index (χ1v) is 7.23. The maximum Gasteiger partial charge on any atom is 0.237 e. The number of hydrogen-bond donors (Lipinski definition) is 2. The smallest absolute Gasteiger partial charge is 0.237 e. The predicted octanol–water partition coefficient (Wildman–Crippen LogP) is 2.96. The molecular formula is C14H18Cl2N2O. The second kappa shape index (κ2) is 6.12. The molecule has 1 aliphatic rings. The lowest BCUT2D eigenvalue weighted by molar-refractivity contribution is -0.123. The molecule has 1 aromatic rings. The summed E-state index contributed by atoms with van der Waals surface area (Å²) >= 11 is 12.0. The summed E-state index contributed by atoms with van der Waals surface area (Å²) in [6.07, 6.45) is 0.925. The number of halogens is 2. The second-order valence-electron chi connectivity index (χ2n) is 5.16. The van der Waals surface area contributed by atoms with Crippen molar-refractivity contribution in [1.82, 2.24) is 10.6 Å². The fourth-order valence-corrected chi connectivity index (χ4v) is 2.76. The summed E-state index contributed by atoms with van der Waals surface area (Å²) in [4.78, 5) is 12.2. The molecule has 1 aliphatic heterocycles. The number of rotatable bonds is 3. The van der Waals surface area contributed by atoms with E-state index in [9.17, 15) is 4.79 Å². The van der Waals surface area contributed by atoms with Crippen molar-refractivity contribution in [2.75, 3.05) is 6.54 Å². The van der Waals surface area contributed by atoms with Gasteiger partial charge in [-0.3, -0.25) is 4.79 Å². The molecule has 0 saturated carbocycles. The molecule has 1 fully saturated rings. The van der Waals surface area contributed by atoms with Crippen LogP contribution in [-0.4, -0.2) is 24.5 Å². The van der Waals surface area contributed by atoms with Crippen molar-refractivity contribution in [3.63, 3.8) is 0 Å². The van der Waals surface area contributed by atoms with Gasteiger partial charge in [0.15, 0.2) is 0 Å². The second-order valence-corrected chi connectivity index (χ2v) is 5.98. The molecule has 1 amide bonds. The van der Waals surface area contributed by atoms with Crippen LogP contribution < -0.4 is 10.6 Å². The molecule has 5 heteroatoms. The van der Waals surface area contributed by atoms with E-state index in [1.54, 1.807) is 6.07 Å². The van der Waals surface area contributed by atoms with E-state index in [0.29, 0.717) is 10.0 Å². The molecule has 0 bridgehead atoms. The Balaban J connectivity index is 2.18. The van der Waals surface area contributed by atoms with E-state index in [2.05, 4.69) is 10.6 Å². The van der Waals surface area contributed by atoms with E-state index in [4.69, 9.17) is 23.2 Å². The van der Waals surface area contributed by atoms with Crippen molar-refractivity contribution in [3.8, 4) is 0 Å². The number of nitrogens with one attached hydrogen (secondary N) is 2. The first-order chi connectivity index (χ1) is 8.99. The van der Waals surface area contributed by atoms with E-state index in [-0.39, 0.29) is 23.9 Å². The van der Waals surface area contributed by atoms with Crippen molar-refractivity contribution < 1.29 is 4.79 Å². The van der Waals surface area contributed by atoms with Gasteiger partial charge in [0.2, 0.25) is 5.91 Å². The van der Waals surface area contributed by atoms with Crippen LogP contribution >= 0.6 is 23.2 Å². The summed E-state index contributed by atoms with van der Waals surface area (Å²) in [5.41, 5.74) is 1.06. The average Bonchev–Trinajstić information content (AvgIpc) is 2.81. The van der Waals surface area contributed by atoms with Gasteiger partial charge < -0.3 is 10.6 Å². The maximum absolute atomic E-state index is 12.2. The largest absolute Gasteiger partial charge is 0.353 e. The summed E-state index contributed by atoms with van der Waals surface area (Å²) in [5.74, 6) is 0.192. The first kappa shape index (κ1) is 14.6. The highest BCUT2D eigenvalue weighted by Crippen LogP contribution is 2.32. The number of benzene rings is 1. The Morgan fingerprint density at radius 1 is 1.37 bits per heavy atom. The third-order valence-corrected chi connectivity index (χ3v) is 4.05. The minimum Gasteiger partial charge on any atom is -0.353 e. The van der Waals surface area contributed by atoms with Crippen molar-refractivity contribution in [3.05, 3.63) is 33.8 Å². The van der Waals surface area contributed by atoms with Gasteiger partial charge in [-0.25, -0.2) is 0 Å². The number of hydrogen-bond acceptors (Lipinski definition) is 2. The normalized spacial score (nSPS) is 22.8. The first-order valence-electron chi connectivity index (χ1n) is 6.47. The summed E-state index contributed by atoms with van der Waals surface area (Å²) < 4.78 is 0.